The molecule has 0 aliphatic rings. The molecule has 0 spiro atoms. The van der Waals surface area contributed by atoms with Crippen molar-refractivity contribution < 1.29 is 13.2 Å². The van der Waals surface area contributed by atoms with Gasteiger partial charge < -0.3 is 5.84 Å². The number of rotatable bonds is 3. The summed E-state index contributed by atoms with van der Waals surface area (Å²) in [5, 5.41) is 6.59. The van der Waals surface area contributed by atoms with Crippen molar-refractivity contribution in [2.24, 2.45) is 0 Å². The number of thioether (sulfide) groups is 1. The van der Waals surface area contributed by atoms with Crippen LogP contribution in [0.15, 0.2) is 23.4 Å². The molecule has 20 heavy (non-hydrogen) atoms. The minimum atomic E-state index is -4.60. The average Bonchev–Trinajstić information content (AvgIpc) is 2.66. The highest BCUT2D eigenvalue weighted by Gasteiger charge is 2.38. The van der Waals surface area contributed by atoms with Crippen LogP contribution in [-0.4, -0.2) is 14.9 Å². The lowest BCUT2D eigenvalue weighted by molar-refractivity contribution is -0.146. The summed E-state index contributed by atoms with van der Waals surface area (Å²) in [6.07, 6.45) is -4.60. The summed E-state index contributed by atoms with van der Waals surface area (Å²) in [5.41, 5.74) is 3.21. The first-order valence-electron chi connectivity index (χ1n) is 5.75. The number of nitrogens with zero attached hydrogens (tertiary/aromatic N) is 3. The molecule has 2 rings (SSSR count). The molecule has 0 fully saturated rings. The number of aryl methyl sites for hydroxylation is 2. The number of aromatic nitrogens is 3. The van der Waals surface area contributed by atoms with Crippen LogP contribution in [0.5, 0.6) is 0 Å². The largest absolute Gasteiger partial charge is 0.453 e. The van der Waals surface area contributed by atoms with Crippen LogP contribution in [0.2, 0.25) is 0 Å². The number of nitrogen functional groups attached to an aromatic ring is 1. The van der Waals surface area contributed by atoms with E-state index in [1.54, 1.807) is 0 Å². The third kappa shape index (κ3) is 3.24. The van der Waals surface area contributed by atoms with Crippen LogP contribution >= 0.6 is 11.8 Å². The molecule has 0 saturated carbocycles. The fourth-order valence-electron chi connectivity index (χ4n) is 1.87. The van der Waals surface area contributed by atoms with Gasteiger partial charge in [0, 0.05) is 5.75 Å². The van der Waals surface area contributed by atoms with E-state index in [0.717, 1.165) is 28.5 Å². The van der Waals surface area contributed by atoms with Crippen molar-refractivity contribution in [2.75, 3.05) is 5.84 Å². The van der Waals surface area contributed by atoms with Crippen molar-refractivity contribution in [1.29, 1.82) is 0 Å². The first kappa shape index (κ1) is 14.7. The van der Waals surface area contributed by atoms with E-state index in [-0.39, 0.29) is 5.16 Å². The Hall–Kier alpha value is -1.70. The van der Waals surface area contributed by atoms with Crippen molar-refractivity contribution >= 4 is 11.8 Å². The Morgan fingerprint density at radius 3 is 2.25 bits per heavy atom. The highest BCUT2D eigenvalue weighted by Crippen LogP contribution is 2.29. The Bertz CT molecular complexity index is 601. The van der Waals surface area contributed by atoms with Gasteiger partial charge in [0.2, 0.25) is 5.16 Å². The number of halogens is 3. The van der Waals surface area contributed by atoms with Crippen LogP contribution in [0, 0.1) is 13.8 Å². The van der Waals surface area contributed by atoms with Crippen LogP contribution in [0.3, 0.4) is 0 Å². The van der Waals surface area contributed by atoms with Crippen LogP contribution in [0.1, 0.15) is 22.5 Å². The van der Waals surface area contributed by atoms with E-state index >= 15 is 0 Å². The Labute approximate surface area is 118 Å². The van der Waals surface area contributed by atoms with Crippen LogP contribution in [0.4, 0.5) is 13.2 Å². The van der Waals surface area contributed by atoms with E-state index in [9.17, 15) is 13.2 Å². The normalized spacial score (nSPS) is 11.8. The van der Waals surface area contributed by atoms with Gasteiger partial charge in [-0.2, -0.15) is 13.2 Å². The zero-order chi connectivity index (χ0) is 14.9. The summed E-state index contributed by atoms with van der Waals surface area (Å²) in [7, 11) is 0. The number of hydrogen-bond donors (Lipinski definition) is 1. The maximum Gasteiger partial charge on any atom is 0.453 e. The summed E-state index contributed by atoms with van der Waals surface area (Å²) < 4.78 is 38.0. The molecule has 0 atom stereocenters. The number of nitrogens with two attached hydrogens (primary N) is 1. The second kappa shape index (κ2) is 5.35. The molecular weight excluding hydrogens is 289 g/mol. The molecule has 0 aliphatic heterocycles. The smallest absolute Gasteiger partial charge is 0.335 e. The molecule has 0 saturated heterocycles. The molecule has 0 bridgehead atoms. The van der Waals surface area contributed by atoms with Crippen LogP contribution < -0.4 is 5.84 Å². The predicted molar refractivity (Wildman–Crippen MR) is 70.7 cm³/mol. The van der Waals surface area contributed by atoms with E-state index < -0.39 is 12.0 Å². The monoisotopic (exact) mass is 302 g/mol. The van der Waals surface area contributed by atoms with E-state index in [2.05, 4.69) is 10.2 Å². The Morgan fingerprint density at radius 2 is 1.75 bits per heavy atom. The lowest BCUT2D eigenvalue weighted by Crippen LogP contribution is -2.21. The van der Waals surface area contributed by atoms with Crippen molar-refractivity contribution in [3.63, 3.8) is 0 Å². The summed E-state index contributed by atoms with van der Waals surface area (Å²) >= 11 is 1.12. The van der Waals surface area contributed by atoms with Gasteiger partial charge in [0.1, 0.15) is 0 Å². The Kier molecular flexibility index (Phi) is 3.94. The Balaban J connectivity index is 2.14. The summed E-state index contributed by atoms with van der Waals surface area (Å²) in [4.78, 5) is 0. The number of benzene rings is 1. The van der Waals surface area contributed by atoms with Crippen LogP contribution in [-0.2, 0) is 11.9 Å². The average molecular weight is 302 g/mol. The summed E-state index contributed by atoms with van der Waals surface area (Å²) in [5.74, 6) is 4.65. The van der Waals surface area contributed by atoms with Gasteiger partial charge in [-0.3, -0.25) is 0 Å². The molecule has 2 aromatic rings. The fourth-order valence-corrected chi connectivity index (χ4v) is 2.66. The minimum Gasteiger partial charge on any atom is -0.335 e. The quantitative estimate of drug-likeness (QED) is 0.699. The van der Waals surface area contributed by atoms with E-state index in [0.29, 0.717) is 10.4 Å². The van der Waals surface area contributed by atoms with E-state index in [1.165, 1.54) is 0 Å². The number of alkyl halides is 3. The van der Waals surface area contributed by atoms with Gasteiger partial charge in [-0.15, -0.1) is 10.2 Å². The van der Waals surface area contributed by atoms with Gasteiger partial charge in [-0.05, 0) is 19.4 Å². The van der Waals surface area contributed by atoms with E-state index in [1.807, 2.05) is 32.0 Å². The molecule has 0 amide bonds. The molecule has 4 nitrogen and oxygen atoms in total. The third-order valence-electron chi connectivity index (χ3n) is 2.57. The summed E-state index contributed by atoms with van der Waals surface area (Å²) in [6.45, 7) is 3.93. The molecule has 1 aromatic carbocycles. The second-order valence-corrected chi connectivity index (χ2v) is 5.40. The highest BCUT2D eigenvalue weighted by molar-refractivity contribution is 7.98. The molecule has 1 heterocycles. The molecule has 1 aromatic heterocycles. The first-order valence-corrected chi connectivity index (χ1v) is 6.73. The first-order chi connectivity index (χ1) is 9.27. The van der Waals surface area contributed by atoms with Gasteiger partial charge >= 0.3 is 6.18 Å². The zero-order valence-electron chi connectivity index (χ0n) is 10.9. The molecule has 0 unspecified atom stereocenters. The van der Waals surface area contributed by atoms with Gasteiger partial charge in [0.05, 0.1) is 0 Å². The maximum absolute atomic E-state index is 12.5. The van der Waals surface area contributed by atoms with Crippen molar-refractivity contribution in [3.8, 4) is 0 Å². The SMILES string of the molecule is Cc1cc(C)cc(CSc2nnc(C(F)(F)F)n2N)c1. The van der Waals surface area contributed by atoms with E-state index in [4.69, 9.17) is 5.84 Å². The molecular formula is C12H13F3N4S. The van der Waals surface area contributed by atoms with Crippen molar-refractivity contribution in [2.45, 2.75) is 30.9 Å². The number of hydrogen-bond acceptors (Lipinski definition) is 4. The third-order valence-corrected chi connectivity index (χ3v) is 3.58. The molecule has 8 heteroatoms. The lowest BCUT2D eigenvalue weighted by atomic mass is 10.1. The van der Waals surface area contributed by atoms with Gasteiger partial charge in [-0.25, -0.2) is 4.68 Å². The molecule has 0 radical (unpaired) electrons. The topological polar surface area (TPSA) is 56.7 Å². The highest BCUT2D eigenvalue weighted by atomic mass is 32.2. The zero-order valence-corrected chi connectivity index (χ0v) is 11.7. The minimum absolute atomic E-state index is 0.0384. The fraction of sp³-hybridized carbons (Fsp3) is 0.333. The molecule has 108 valence electrons. The maximum atomic E-state index is 12.5. The van der Waals surface area contributed by atoms with Gasteiger partial charge in [0.25, 0.3) is 5.82 Å². The van der Waals surface area contributed by atoms with Crippen molar-refractivity contribution in [3.05, 3.63) is 40.7 Å². The van der Waals surface area contributed by atoms with Crippen molar-refractivity contribution in [1.82, 2.24) is 14.9 Å². The Morgan fingerprint density at radius 1 is 1.15 bits per heavy atom. The lowest BCUT2D eigenvalue weighted by Gasteiger charge is -2.07. The predicted octanol–water partition coefficient (Wildman–Crippen LogP) is 2.92. The van der Waals surface area contributed by atoms with Gasteiger partial charge in [0.15, 0.2) is 0 Å². The molecule has 0 aliphatic carbocycles. The van der Waals surface area contributed by atoms with Gasteiger partial charge in [-0.1, -0.05) is 41.1 Å². The van der Waals surface area contributed by atoms with Crippen LogP contribution in [0.25, 0.3) is 0 Å². The molecule has 2 N–H and O–H groups in total. The standard InChI is InChI=1S/C12H13F3N4S/c1-7-3-8(2)5-9(4-7)6-20-11-18-17-10(19(11)16)12(13,14)15/h3-5H,6,16H2,1-2H3. The second-order valence-electron chi connectivity index (χ2n) is 4.46. The summed E-state index contributed by atoms with van der Waals surface area (Å²) in [6, 6.07) is 5.98.